The van der Waals surface area contributed by atoms with Crippen molar-refractivity contribution < 1.29 is 4.79 Å². The van der Waals surface area contributed by atoms with Crippen molar-refractivity contribution in [1.29, 1.82) is 0 Å². The lowest BCUT2D eigenvalue weighted by atomic mass is 10.2. The molecule has 0 bridgehead atoms. The van der Waals surface area contributed by atoms with Gasteiger partial charge in [0, 0.05) is 6.54 Å². The summed E-state index contributed by atoms with van der Waals surface area (Å²) < 4.78 is 0. The quantitative estimate of drug-likeness (QED) is 0.523. The Morgan fingerprint density at radius 2 is 1.44 bits per heavy atom. The van der Waals surface area contributed by atoms with Gasteiger partial charge >= 0.3 is 0 Å². The molecule has 0 rings (SSSR count). The molecule has 100 valence electrons. The molecule has 0 atom stereocenters. The van der Waals surface area contributed by atoms with Crippen LogP contribution in [0.3, 0.4) is 0 Å². The summed E-state index contributed by atoms with van der Waals surface area (Å²) in [4.78, 5) is 9.77. The molecule has 0 aromatic heterocycles. The first-order valence-electron chi connectivity index (χ1n) is 6.46. The van der Waals surface area contributed by atoms with E-state index in [4.69, 9.17) is 0 Å². The van der Waals surface area contributed by atoms with Crippen LogP contribution in [0.5, 0.6) is 0 Å². The minimum Gasteiger partial charge on any atom is -0.359 e. The van der Waals surface area contributed by atoms with Gasteiger partial charge in [0.05, 0.1) is 0 Å². The van der Waals surface area contributed by atoms with E-state index in [-0.39, 0.29) is 0 Å². The zero-order valence-electron chi connectivity index (χ0n) is 12.1. The van der Waals surface area contributed by atoms with Gasteiger partial charge in [-0.2, -0.15) is 0 Å². The second-order valence-corrected chi connectivity index (χ2v) is 3.97. The Balaban J connectivity index is -0.000000237. The third kappa shape index (κ3) is 50.2. The molecule has 0 aliphatic carbocycles. The number of rotatable bonds is 7. The molecular weight excluding hydrogens is 200 g/mol. The van der Waals surface area contributed by atoms with Crippen LogP contribution in [0.2, 0.25) is 0 Å². The summed E-state index contributed by atoms with van der Waals surface area (Å²) in [6.07, 6.45) is 4.21. The van der Waals surface area contributed by atoms with Crippen LogP contribution in [0.1, 0.15) is 53.9 Å². The molecular formula is C13H32N2O. The van der Waals surface area contributed by atoms with E-state index >= 15 is 0 Å². The molecule has 0 fully saturated rings. The van der Waals surface area contributed by atoms with Crippen molar-refractivity contribution in [2.75, 3.05) is 20.1 Å². The lowest BCUT2D eigenvalue weighted by molar-refractivity contribution is -0.109. The van der Waals surface area contributed by atoms with Gasteiger partial charge in [-0.05, 0) is 32.4 Å². The highest BCUT2D eigenvalue weighted by Gasteiger charge is 1.85. The molecule has 0 aromatic rings. The Kier molecular flexibility index (Phi) is 31.1. The van der Waals surface area contributed by atoms with Crippen LogP contribution < -0.4 is 10.6 Å². The van der Waals surface area contributed by atoms with E-state index in [1.165, 1.54) is 12.8 Å². The smallest absolute Gasteiger partial charge is 0.207 e. The maximum atomic E-state index is 9.77. The van der Waals surface area contributed by atoms with Gasteiger partial charge in [-0.15, -0.1) is 0 Å². The third-order valence-electron chi connectivity index (χ3n) is 1.33. The Bertz CT molecular complexity index is 103. The molecule has 0 heterocycles. The predicted molar refractivity (Wildman–Crippen MR) is 73.7 cm³/mol. The number of unbranched alkanes of at least 4 members (excludes halogenated alkanes) is 2. The van der Waals surface area contributed by atoms with Crippen molar-refractivity contribution in [3.63, 3.8) is 0 Å². The monoisotopic (exact) mass is 232 g/mol. The summed E-state index contributed by atoms with van der Waals surface area (Å²) in [5, 5.41) is 5.69. The highest BCUT2D eigenvalue weighted by molar-refractivity contribution is 5.45. The molecule has 0 aliphatic rings. The van der Waals surface area contributed by atoms with Gasteiger partial charge in [-0.25, -0.2) is 0 Å². The van der Waals surface area contributed by atoms with Crippen molar-refractivity contribution in [1.82, 2.24) is 10.6 Å². The molecule has 3 heteroatoms. The van der Waals surface area contributed by atoms with Crippen molar-refractivity contribution >= 4 is 6.41 Å². The topological polar surface area (TPSA) is 41.1 Å². The second-order valence-electron chi connectivity index (χ2n) is 3.97. The molecule has 1 amide bonds. The van der Waals surface area contributed by atoms with Crippen LogP contribution in [-0.4, -0.2) is 26.5 Å². The van der Waals surface area contributed by atoms with Crippen LogP contribution in [-0.2, 0) is 4.79 Å². The lowest BCUT2D eigenvalue weighted by Gasteiger charge is -1.98. The molecule has 3 nitrogen and oxygen atoms in total. The van der Waals surface area contributed by atoms with E-state index in [0.29, 0.717) is 0 Å². The van der Waals surface area contributed by atoms with Crippen LogP contribution >= 0.6 is 0 Å². The van der Waals surface area contributed by atoms with Gasteiger partial charge in [0.1, 0.15) is 0 Å². The Morgan fingerprint density at radius 1 is 1.00 bits per heavy atom. The maximum Gasteiger partial charge on any atom is 0.207 e. The zero-order chi connectivity index (χ0) is 13.2. The summed E-state index contributed by atoms with van der Waals surface area (Å²) >= 11 is 0. The molecule has 0 radical (unpaired) electrons. The molecule has 16 heavy (non-hydrogen) atoms. The zero-order valence-corrected chi connectivity index (χ0v) is 12.1. The Morgan fingerprint density at radius 3 is 1.81 bits per heavy atom. The van der Waals surface area contributed by atoms with E-state index in [1.807, 2.05) is 20.9 Å². The Hall–Kier alpha value is -0.570. The number of hydrogen-bond acceptors (Lipinski definition) is 2. The lowest BCUT2D eigenvalue weighted by Crippen LogP contribution is -2.13. The average Bonchev–Trinajstić information content (AvgIpc) is 2.25. The van der Waals surface area contributed by atoms with E-state index in [0.717, 1.165) is 31.8 Å². The van der Waals surface area contributed by atoms with Gasteiger partial charge in [-0.3, -0.25) is 4.79 Å². The highest BCUT2D eigenvalue weighted by atomic mass is 16.1. The van der Waals surface area contributed by atoms with Crippen LogP contribution in [0, 0.1) is 5.92 Å². The average molecular weight is 232 g/mol. The molecule has 0 saturated carbocycles. The van der Waals surface area contributed by atoms with E-state index in [9.17, 15) is 4.79 Å². The number of carbonyl (C=O) groups is 1. The van der Waals surface area contributed by atoms with Gasteiger partial charge in [0.15, 0.2) is 0 Å². The third-order valence-corrected chi connectivity index (χ3v) is 1.33. The summed E-state index contributed by atoms with van der Waals surface area (Å²) in [6, 6.07) is 0. The van der Waals surface area contributed by atoms with Crippen LogP contribution in [0.4, 0.5) is 0 Å². The van der Waals surface area contributed by atoms with Gasteiger partial charge in [0.25, 0.3) is 0 Å². The molecule has 0 unspecified atom stereocenters. The summed E-state index contributed by atoms with van der Waals surface area (Å²) in [5.41, 5.74) is 0. The Labute approximate surface area is 102 Å². The minimum absolute atomic E-state index is 0.748. The molecule has 0 saturated heterocycles. The van der Waals surface area contributed by atoms with Gasteiger partial charge < -0.3 is 10.6 Å². The maximum absolute atomic E-state index is 9.77. The fourth-order valence-electron chi connectivity index (χ4n) is 0.765. The number of carbonyl (C=O) groups excluding carboxylic acids is 1. The molecule has 0 aromatic carbocycles. The predicted octanol–water partition coefficient (Wildman–Crippen LogP) is 2.81. The second kappa shape index (κ2) is 23.9. The summed E-state index contributed by atoms with van der Waals surface area (Å²) in [7, 11) is 1.95. The van der Waals surface area contributed by atoms with E-state index < -0.39 is 0 Å². The normalized spacial score (nSPS) is 8.44. The van der Waals surface area contributed by atoms with Crippen molar-refractivity contribution in [3.8, 4) is 0 Å². The van der Waals surface area contributed by atoms with E-state index in [2.05, 4.69) is 31.4 Å². The fourth-order valence-corrected chi connectivity index (χ4v) is 0.765. The first-order chi connectivity index (χ1) is 7.65. The molecule has 0 aliphatic heterocycles. The molecule has 0 spiro atoms. The SMILES string of the molecule is CC.CC(C)C.CNCCCCCNC=O. The number of amides is 1. The van der Waals surface area contributed by atoms with Gasteiger partial charge in [0.2, 0.25) is 6.41 Å². The molecule has 2 N–H and O–H groups in total. The summed E-state index contributed by atoms with van der Waals surface area (Å²) in [5.74, 6) is 0.833. The largest absolute Gasteiger partial charge is 0.359 e. The fraction of sp³-hybridized carbons (Fsp3) is 0.923. The van der Waals surface area contributed by atoms with Crippen molar-refractivity contribution in [2.45, 2.75) is 53.9 Å². The van der Waals surface area contributed by atoms with E-state index in [1.54, 1.807) is 0 Å². The van der Waals surface area contributed by atoms with Crippen LogP contribution in [0.15, 0.2) is 0 Å². The number of nitrogens with one attached hydrogen (secondary N) is 2. The summed E-state index contributed by atoms with van der Waals surface area (Å²) in [6.45, 7) is 12.4. The first kappa shape index (κ1) is 20.8. The highest BCUT2D eigenvalue weighted by Crippen LogP contribution is 1.90. The van der Waals surface area contributed by atoms with Gasteiger partial charge in [-0.1, -0.05) is 41.0 Å². The number of hydrogen-bond donors (Lipinski definition) is 2. The minimum atomic E-state index is 0.748. The van der Waals surface area contributed by atoms with Crippen molar-refractivity contribution in [2.24, 2.45) is 5.92 Å². The van der Waals surface area contributed by atoms with Crippen LogP contribution in [0.25, 0.3) is 0 Å². The first-order valence-corrected chi connectivity index (χ1v) is 6.46. The van der Waals surface area contributed by atoms with Crippen molar-refractivity contribution in [3.05, 3.63) is 0 Å². The standard InChI is InChI=1S/C7H16N2O.C4H10.C2H6/c1-8-5-3-2-4-6-9-7-10;1-4(2)3;1-2/h7-8H,2-6H2,1H3,(H,9,10);4H,1-3H3;1-2H3.